The van der Waals surface area contributed by atoms with Crippen LogP contribution in [0.5, 0.6) is 0 Å². The maximum Gasteiger partial charge on any atom is 1.00 e. The predicted octanol–water partition coefficient (Wildman–Crippen LogP) is 3.91. The van der Waals surface area contributed by atoms with E-state index in [-0.39, 0.29) is 45.6 Å². The Hall–Kier alpha value is -4.79. The minimum atomic E-state index is -1.16. The molecule has 0 aliphatic carbocycles. The van der Waals surface area contributed by atoms with Gasteiger partial charge in [0.2, 0.25) is 0 Å². The van der Waals surface area contributed by atoms with Crippen molar-refractivity contribution in [3.8, 4) is 0 Å². The minimum absolute atomic E-state index is 0. The van der Waals surface area contributed by atoms with Crippen LogP contribution in [-0.2, 0) is 44.3 Å². The molecule has 0 unspecified atom stereocenters. The number of carboxylic acid groups (broad SMARTS) is 2. The van der Waals surface area contributed by atoms with Crippen LogP contribution < -0.4 is 20.2 Å². The molecule has 3 aromatic heterocycles. The van der Waals surface area contributed by atoms with Crippen molar-refractivity contribution in [2.75, 3.05) is 0 Å². The molecule has 2 aliphatic heterocycles. The number of nitrogens with zero attached hydrogens (tertiary/aromatic N) is 5. The van der Waals surface area contributed by atoms with Gasteiger partial charge in [-0.3, -0.25) is 0 Å². The molecule has 2 aliphatic rings. The van der Waals surface area contributed by atoms with Gasteiger partial charge >= 0.3 is 13.1 Å². The van der Waals surface area contributed by atoms with Gasteiger partial charge in [-0.25, -0.2) is 9.97 Å². The van der Waals surface area contributed by atoms with Gasteiger partial charge in [0.1, 0.15) is 0 Å². The first-order valence-corrected chi connectivity index (χ1v) is 13.9. The SMILES string of the molecule is C=CC1=C(C)c2cc3[n-]c(cc4[n-]c(cc5nc(cc1n2)C(C)=C5C=C)c(C)c4CCC(=O)[O-])c(CCC(=O)[O-])c3C.N#[O+].[Fe].[H+].[H+]. The van der Waals surface area contributed by atoms with Crippen molar-refractivity contribution in [3.63, 3.8) is 0 Å². The number of carboxylic acids is 2. The molecule has 11 heteroatoms. The van der Waals surface area contributed by atoms with Crippen LogP contribution in [-0.4, -0.2) is 21.9 Å². The number of carbonyl (C=O) groups excluding carboxylic acids is 2. The fourth-order valence-corrected chi connectivity index (χ4v) is 5.60. The van der Waals surface area contributed by atoms with Gasteiger partial charge in [-0.1, -0.05) is 65.8 Å². The summed E-state index contributed by atoms with van der Waals surface area (Å²) in [5.74, 6) is -2.31. The summed E-state index contributed by atoms with van der Waals surface area (Å²) in [6.45, 7) is 15.8. The molecule has 5 rings (SSSR count). The number of aliphatic carboxylic acids is 2. The van der Waals surface area contributed by atoms with Crippen LogP contribution in [0.1, 0.15) is 74.6 Å². The average Bonchev–Trinajstić information content (AvgIpc) is 3.64. The molecule has 0 radical (unpaired) electrons. The van der Waals surface area contributed by atoms with Gasteiger partial charge in [-0.15, -0.1) is 22.1 Å². The zero-order chi connectivity index (χ0) is 32.3. The maximum atomic E-state index is 11.4. The number of allylic oxidation sites excluding steroid dienone is 6. The van der Waals surface area contributed by atoms with E-state index in [1.807, 2.05) is 45.9 Å². The molecule has 0 N–H and O–H groups in total. The van der Waals surface area contributed by atoms with Crippen LogP contribution in [0, 0.1) is 19.3 Å². The monoisotopic (exact) mass is 646 g/mol. The number of fused-ring (bicyclic) bond motifs is 8. The molecule has 10 nitrogen and oxygen atoms in total. The van der Waals surface area contributed by atoms with Gasteiger partial charge in [0.05, 0.1) is 22.8 Å². The Labute approximate surface area is 273 Å². The zero-order valence-corrected chi connectivity index (χ0v) is 26.4. The van der Waals surface area contributed by atoms with E-state index in [9.17, 15) is 19.8 Å². The molecule has 0 saturated carbocycles. The summed E-state index contributed by atoms with van der Waals surface area (Å²) in [6.07, 6.45) is 3.65. The molecule has 0 fully saturated rings. The van der Waals surface area contributed by atoms with Gasteiger partial charge in [-0.2, -0.15) is 0 Å². The van der Waals surface area contributed by atoms with E-state index in [0.717, 1.165) is 61.6 Å². The van der Waals surface area contributed by atoms with Crippen LogP contribution >= 0.6 is 0 Å². The largest absolute Gasteiger partial charge is 1.00 e. The van der Waals surface area contributed by atoms with Crippen molar-refractivity contribution in [1.82, 2.24) is 19.9 Å². The third-order valence-electron chi connectivity index (χ3n) is 8.04. The van der Waals surface area contributed by atoms with Gasteiger partial charge in [0.25, 0.3) is 0 Å². The molecule has 232 valence electrons. The fourth-order valence-electron chi connectivity index (χ4n) is 5.60. The van der Waals surface area contributed by atoms with Crippen molar-refractivity contribution in [1.29, 1.82) is 5.46 Å². The number of hydrogen-bond acceptors (Lipinski definition) is 7. The smallest absolute Gasteiger partial charge is 0 e. The van der Waals surface area contributed by atoms with E-state index in [2.05, 4.69) is 13.2 Å². The summed E-state index contributed by atoms with van der Waals surface area (Å²) in [5, 5.41) is 22.8. The Kier molecular flexibility index (Phi) is 11.0. The fraction of sp³-hybridized carbons (Fsp3) is 0.235. The number of carbonyl (C=O) groups is 2. The van der Waals surface area contributed by atoms with Crippen molar-refractivity contribution in [2.45, 2.75) is 53.4 Å². The van der Waals surface area contributed by atoms with Crippen LogP contribution in [0.3, 0.4) is 0 Å². The van der Waals surface area contributed by atoms with Crippen LogP contribution in [0.25, 0.3) is 44.4 Å². The minimum Gasteiger partial charge on any atom is 0 e. The van der Waals surface area contributed by atoms with E-state index in [1.165, 1.54) is 0 Å². The third kappa shape index (κ3) is 6.82. The second kappa shape index (κ2) is 14.3. The Bertz CT molecular complexity index is 1990. The van der Waals surface area contributed by atoms with Crippen LogP contribution in [0.4, 0.5) is 0 Å². The molecular weight excluding hydrogens is 614 g/mol. The molecule has 5 heterocycles. The second-order valence-electron chi connectivity index (χ2n) is 10.5. The van der Waals surface area contributed by atoms with Crippen LogP contribution in [0.2, 0.25) is 0 Å². The molecule has 3 aromatic rings. The Morgan fingerprint density at radius 3 is 1.51 bits per heavy atom. The number of aromatic nitrogens is 4. The predicted molar refractivity (Wildman–Crippen MR) is 165 cm³/mol. The molecule has 8 bridgehead atoms. The second-order valence-corrected chi connectivity index (χ2v) is 10.5. The van der Waals surface area contributed by atoms with Gasteiger partial charge in [0.15, 0.2) is 0 Å². The normalized spacial score (nSPS) is 12.2. The molecule has 0 atom stereocenters. The zero-order valence-electron chi connectivity index (χ0n) is 27.3. The summed E-state index contributed by atoms with van der Waals surface area (Å²) < 4.78 is 7.25. The van der Waals surface area contributed by atoms with E-state index >= 15 is 0 Å². The summed E-state index contributed by atoms with van der Waals surface area (Å²) >= 11 is 0. The van der Waals surface area contributed by atoms with Crippen molar-refractivity contribution < 1.29 is 44.5 Å². The van der Waals surface area contributed by atoms with E-state index in [0.29, 0.717) is 27.8 Å². The summed E-state index contributed by atoms with van der Waals surface area (Å²) in [7, 11) is 0. The van der Waals surface area contributed by atoms with Crippen LogP contribution in [0.15, 0.2) is 49.6 Å². The third-order valence-corrected chi connectivity index (χ3v) is 8.04. The molecule has 0 aromatic carbocycles. The number of aryl methyl sites for hydroxylation is 4. The Morgan fingerprint density at radius 2 is 1.11 bits per heavy atom. The molecule has 0 amide bonds. The number of rotatable bonds is 8. The van der Waals surface area contributed by atoms with Crippen molar-refractivity contribution in [2.24, 2.45) is 0 Å². The standard InChI is InChI=1S/C34H34N4O4.Fe.NO/c1-7-21-17(3)25-13-26-19(5)23(9-11-33(39)40)31(37-26)16-32-24(10-12-34(41)42)20(6)28(38-32)15-30-22(8-2)18(4)27(36-30)14-29(21)35-25;;1-2/h7-8,13-16H,1-2,9-12H2,3-6H3,(H4,35,36,37,38,39,40,41,42);;/q;;+1/p-2. The van der Waals surface area contributed by atoms with Crippen molar-refractivity contribution in [3.05, 3.63) is 94.6 Å². The average molecular weight is 647 g/mol. The quantitative estimate of drug-likeness (QED) is 0.259. The molecule has 0 saturated heterocycles. The summed E-state index contributed by atoms with van der Waals surface area (Å²) in [4.78, 5) is 42.4. The Morgan fingerprint density at radius 1 is 0.733 bits per heavy atom. The first-order chi connectivity index (χ1) is 21.0. The molecular formula is C34H32FeN5O5-. The van der Waals surface area contributed by atoms with Gasteiger partial charge in [0, 0.05) is 40.2 Å². The first-order valence-electron chi connectivity index (χ1n) is 13.9. The van der Waals surface area contributed by atoms with E-state index < -0.39 is 11.9 Å². The first kappa shape index (κ1) is 34.7. The van der Waals surface area contributed by atoms with E-state index in [4.69, 9.17) is 30.2 Å². The van der Waals surface area contributed by atoms with Crippen molar-refractivity contribution >= 4 is 56.3 Å². The molecule has 45 heavy (non-hydrogen) atoms. The number of hydrogen-bond donors (Lipinski definition) is 0. The van der Waals surface area contributed by atoms with Gasteiger partial charge < -0.3 is 29.8 Å². The summed E-state index contributed by atoms with van der Waals surface area (Å²) in [6, 6.07) is 7.52. The summed E-state index contributed by atoms with van der Waals surface area (Å²) in [5.41, 5.74) is 17.9. The molecule has 0 spiro atoms. The Balaban J connectivity index is 0.00000217. The van der Waals surface area contributed by atoms with E-state index in [1.54, 1.807) is 18.2 Å². The topological polar surface area (TPSA) is 178 Å². The maximum absolute atomic E-state index is 11.4. The van der Waals surface area contributed by atoms with Gasteiger partial charge in [-0.05, 0) is 70.6 Å².